The Morgan fingerprint density at radius 1 is 1.08 bits per heavy atom. The van der Waals surface area contributed by atoms with Crippen LogP contribution >= 0.6 is 0 Å². The van der Waals surface area contributed by atoms with E-state index in [1.54, 1.807) is 24.0 Å². The molecule has 0 saturated carbocycles. The molecule has 132 valence electrons. The van der Waals surface area contributed by atoms with Crippen molar-refractivity contribution < 1.29 is 27.5 Å². The van der Waals surface area contributed by atoms with Gasteiger partial charge < -0.3 is 14.4 Å². The summed E-state index contributed by atoms with van der Waals surface area (Å²) < 4.78 is 33.9. The molecule has 0 unspecified atom stereocenters. The lowest BCUT2D eigenvalue weighted by Gasteiger charge is -2.33. The van der Waals surface area contributed by atoms with Gasteiger partial charge in [-0.15, -0.1) is 0 Å². The van der Waals surface area contributed by atoms with Crippen LogP contribution in [0.15, 0.2) is 24.3 Å². The molecule has 1 aliphatic heterocycles. The van der Waals surface area contributed by atoms with Crippen molar-refractivity contribution in [3.63, 3.8) is 0 Å². The van der Waals surface area contributed by atoms with Gasteiger partial charge in [-0.25, -0.2) is 13.2 Å². The highest BCUT2D eigenvalue weighted by Gasteiger charge is 2.26. The third-order valence-electron chi connectivity index (χ3n) is 3.56. The summed E-state index contributed by atoms with van der Waals surface area (Å²) in [5.74, 6) is 0.0951. The molecule has 8 nitrogen and oxygen atoms in total. The van der Waals surface area contributed by atoms with E-state index in [9.17, 15) is 18.0 Å². The van der Waals surface area contributed by atoms with Gasteiger partial charge in [0.05, 0.1) is 12.9 Å². The van der Waals surface area contributed by atoms with Crippen molar-refractivity contribution in [2.75, 3.05) is 39.0 Å². The predicted molar refractivity (Wildman–Crippen MR) is 86.4 cm³/mol. The second-order valence-electron chi connectivity index (χ2n) is 5.26. The fourth-order valence-corrected chi connectivity index (χ4v) is 3.14. The highest BCUT2D eigenvalue weighted by molar-refractivity contribution is 7.88. The van der Waals surface area contributed by atoms with Crippen LogP contribution in [0.1, 0.15) is 17.3 Å². The molecule has 1 fully saturated rings. The molecule has 9 heteroatoms. The minimum atomic E-state index is -3.23. The maximum Gasteiger partial charge on any atom is 0.513 e. The molecule has 0 N–H and O–H groups in total. The number of carbonyl (C=O) groups is 2. The largest absolute Gasteiger partial charge is 0.513 e. The first-order valence-corrected chi connectivity index (χ1v) is 9.35. The zero-order chi connectivity index (χ0) is 17.7. The van der Waals surface area contributed by atoms with Crippen molar-refractivity contribution in [3.05, 3.63) is 29.8 Å². The standard InChI is InChI=1S/C15H20N2O6S/c1-3-22-15(19)23-13-6-4-12(5-7-13)14(18)16-8-10-17(11-9-16)24(2,20)21/h4-7H,3,8-11H2,1-2H3. The first-order valence-electron chi connectivity index (χ1n) is 7.50. The molecule has 1 aromatic carbocycles. The van der Waals surface area contributed by atoms with Gasteiger partial charge in [-0.05, 0) is 31.2 Å². The molecule has 0 spiro atoms. The van der Waals surface area contributed by atoms with E-state index in [2.05, 4.69) is 4.74 Å². The molecule has 0 atom stereocenters. The summed E-state index contributed by atoms with van der Waals surface area (Å²) in [7, 11) is -3.23. The van der Waals surface area contributed by atoms with Crippen LogP contribution in [-0.2, 0) is 14.8 Å². The van der Waals surface area contributed by atoms with E-state index >= 15 is 0 Å². The molecule has 1 saturated heterocycles. The summed E-state index contributed by atoms with van der Waals surface area (Å²) in [6, 6.07) is 6.13. The summed E-state index contributed by atoms with van der Waals surface area (Å²) >= 11 is 0. The summed E-state index contributed by atoms with van der Waals surface area (Å²) in [5.41, 5.74) is 0.444. The Bertz CT molecular complexity index is 693. The number of carbonyl (C=O) groups excluding carboxylic acids is 2. The number of hydrogen-bond acceptors (Lipinski definition) is 6. The number of hydrogen-bond donors (Lipinski definition) is 0. The van der Waals surface area contributed by atoms with Crippen LogP contribution in [0, 0.1) is 0 Å². The average molecular weight is 356 g/mol. The molecular weight excluding hydrogens is 336 g/mol. The molecule has 1 amide bonds. The van der Waals surface area contributed by atoms with Gasteiger partial charge in [0, 0.05) is 31.7 Å². The van der Waals surface area contributed by atoms with Gasteiger partial charge in [-0.3, -0.25) is 4.79 Å². The second kappa shape index (κ2) is 7.63. The summed E-state index contributed by atoms with van der Waals surface area (Å²) in [6.07, 6.45) is 0.362. The van der Waals surface area contributed by atoms with Crippen molar-refractivity contribution in [1.82, 2.24) is 9.21 Å². The Kier molecular flexibility index (Phi) is 5.79. The van der Waals surface area contributed by atoms with Crippen molar-refractivity contribution in [2.45, 2.75) is 6.92 Å². The predicted octanol–water partition coefficient (Wildman–Crippen LogP) is 0.939. The number of rotatable bonds is 4. The molecule has 0 radical (unpaired) electrons. The zero-order valence-electron chi connectivity index (χ0n) is 13.6. The quantitative estimate of drug-likeness (QED) is 0.589. The molecule has 0 bridgehead atoms. The van der Waals surface area contributed by atoms with Crippen LogP contribution in [0.2, 0.25) is 0 Å². The van der Waals surface area contributed by atoms with Crippen LogP contribution in [0.4, 0.5) is 4.79 Å². The Hall–Kier alpha value is -2.13. The second-order valence-corrected chi connectivity index (χ2v) is 7.25. The van der Waals surface area contributed by atoms with Crippen molar-refractivity contribution in [3.8, 4) is 5.75 Å². The number of amides is 1. The Morgan fingerprint density at radius 2 is 1.67 bits per heavy atom. The van der Waals surface area contributed by atoms with Crippen LogP contribution in [0.3, 0.4) is 0 Å². The van der Waals surface area contributed by atoms with E-state index in [4.69, 9.17) is 4.74 Å². The fourth-order valence-electron chi connectivity index (χ4n) is 2.31. The SMILES string of the molecule is CCOC(=O)Oc1ccc(C(=O)N2CCN(S(C)(=O)=O)CC2)cc1. The Morgan fingerprint density at radius 3 is 2.17 bits per heavy atom. The van der Waals surface area contributed by atoms with Gasteiger partial charge in [-0.2, -0.15) is 4.31 Å². The van der Waals surface area contributed by atoms with E-state index in [0.717, 1.165) is 6.26 Å². The van der Waals surface area contributed by atoms with Gasteiger partial charge in [0.1, 0.15) is 5.75 Å². The van der Waals surface area contributed by atoms with Gasteiger partial charge in [-0.1, -0.05) is 0 Å². The van der Waals surface area contributed by atoms with Crippen LogP contribution in [0.5, 0.6) is 5.75 Å². The van der Waals surface area contributed by atoms with Gasteiger partial charge in [0.25, 0.3) is 5.91 Å². The minimum Gasteiger partial charge on any atom is -0.434 e. The summed E-state index contributed by atoms with van der Waals surface area (Å²) in [5, 5.41) is 0. The number of ether oxygens (including phenoxy) is 2. The number of piperazine rings is 1. The van der Waals surface area contributed by atoms with Crippen LogP contribution in [-0.4, -0.2) is 68.7 Å². The van der Waals surface area contributed by atoms with E-state index < -0.39 is 16.2 Å². The number of benzene rings is 1. The lowest BCUT2D eigenvalue weighted by atomic mass is 10.2. The molecule has 0 aromatic heterocycles. The van der Waals surface area contributed by atoms with Gasteiger partial charge >= 0.3 is 6.16 Å². The lowest BCUT2D eigenvalue weighted by Crippen LogP contribution is -2.50. The van der Waals surface area contributed by atoms with Crippen LogP contribution in [0.25, 0.3) is 0 Å². The summed E-state index contributed by atoms with van der Waals surface area (Å²) in [4.78, 5) is 25.2. The van der Waals surface area contributed by atoms with Crippen LogP contribution < -0.4 is 4.74 Å². The van der Waals surface area contributed by atoms with E-state index in [-0.39, 0.29) is 31.4 Å². The molecule has 2 rings (SSSR count). The average Bonchev–Trinajstić information content (AvgIpc) is 2.54. The molecule has 24 heavy (non-hydrogen) atoms. The first kappa shape index (κ1) is 18.2. The maximum absolute atomic E-state index is 12.4. The van der Waals surface area contributed by atoms with Crippen molar-refractivity contribution >= 4 is 22.1 Å². The Balaban J connectivity index is 1.95. The molecular formula is C15H20N2O6S. The molecule has 0 aliphatic carbocycles. The highest BCUT2D eigenvalue weighted by Crippen LogP contribution is 2.16. The lowest BCUT2D eigenvalue weighted by molar-refractivity contribution is 0.0698. The monoisotopic (exact) mass is 356 g/mol. The zero-order valence-corrected chi connectivity index (χ0v) is 14.4. The van der Waals surface area contributed by atoms with E-state index in [1.807, 2.05) is 0 Å². The third-order valence-corrected chi connectivity index (χ3v) is 4.86. The van der Waals surface area contributed by atoms with E-state index in [1.165, 1.54) is 16.4 Å². The highest BCUT2D eigenvalue weighted by atomic mass is 32.2. The smallest absolute Gasteiger partial charge is 0.434 e. The fraction of sp³-hybridized carbons (Fsp3) is 0.467. The van der Waals surface area contributed by atoms with Crippen molar-refractivity contribution in [2.24, 2.45) is 0 Å². The van der Waals surface area contributed by atoms with Crippen molar-refractivity contribution in [1.29, 1.82) is 0 Å². The number of sulfonamides is 1. The third kappa shape index (κ3) is 4.68. The number of nitrogens with zero attached hydrogens (tertiary/aromatic N) is 2. The minimum absolute atomic E-state index is 0.189. The molecule has 1 heterocycles. The Labute approximate surface area is 141 Å². The normalized spacial score (nSPS) is 15.8. The summed E-state index contributed by atoms with van der Waals surface area (Å²) in [6.45, 7) is 3.14. The molecule has 1 aromatic rings. The molecule has 1 aliphatic rings. The van der Waals surface area contributed by atoms with E-state index in [0.29, 0.717) is 18.7 Å². The maximum atomic E-state index is 12.4. The first-order chi connectivity index (χ1) is 11.3. The topological polar surface area (TPSA) is 93.2 Å². The van der Waals surface area contributed by atoms with Gasteiger partial charge in [0.2, 0.25) is 10.0 Å². The van der Waals surface area contributed by atoms with Gasteiger partial charge in [0.15, 0.2) is 0 Å².